The van der Waals surface area contributed by atoms with E-state index in [1.807, 2.05) is 0 Å². The Bertz CT molecular complexity index is 484. The first-order valence-corrected chi connectivity index (χ1v) is 6.73. The van der Waals surface area contributed by atoms with Crippen molar-refractivity contribution in [3.8, 4) is 0 Å². The lowest BCUT2D eigenvalue weighted by molar-refractivity contribution is -0.137. The minimum Gasteiger partial charge on any atom is -0.375 e. The minimum atomic E-state index is -4.33. The average molecular weight is 301 g/mol. The van der Waals surface area contributed by atoms with Gasteiger partial charge in [-0.2, -0.15) is 13.2 Å². The fourth-order valence-electron chi connectivity index (χ4n) is 2.20. The van der Waals surface area contributed by atoms with E-state index in [9.17, 15) is 18.3 Å². The van der Waals surface area contributed by atoms with Crippen LogP contribution in [0.1, 0.15) is 24.0 Å². The maximum absolute atomic E-state index is 12.6. The predicted octanol–water partition coefficient (Wildman–Crippen LogP) is 2.85. The number of benzene rings is 1. The molecule has 0 aromatic heterocycles. The summed E-state index contributed by atoms with van der Waals surface area (Å²) in [6.45, 7) is 3.62. The van der Waals surface area contributed by atoms with Crippen molar-refractivity contribution in [3.63, 3.8) is 0 Å². The van der Waals surface area contributed by atoms with Crippen LogP contribution in [-0.2, 0) is 17.5 Å². The second kappa shape index (κ2) is 6.60. The van der Waals surface area contributed by atoms with Crippen LogP contribution < -0.4 is 5.32 Å². The minimum absolute atomic E-state index is 0.00839. The van der Waals surface area contributed by atoms with E-state index in [2.05, 4.69) is 11.9 Å². The predicted molar refractivity (Wildman–Crippen MR) is 72.4 cm³/mol. The van der Waals surface area contributed by atoms with Gasteiger partial charge in [0.15, 0.2) is 0 Å². The number of alkyl halides is 3. The van der Waals surface area contributed by atoms with Gasteiger partial charge in [-0.05, 0) is 36.6 Å². The Morgan fingerprint density at radius 2 is 2.14 bits per heavy atom. The summed E-state index contributed by atoms with van der Waals surface area (Å²) in [6, 6.07) is 5.31. The number of hydrogen-bond donors (Lipinski definition) is 2. The van der Waals surface area contributed by atoms with Crippen LogP contribution in [0.4, 0.5) is 13.2 Å². The Hall–Kier alpha value is -1.37. The molecule has 116 valence electrons. The Kier molecular flexibility index (Phi) is 5.03. The molecule has 3 nitrogen and oxygen atoms in total. The maximum Gasteiger partial charge on any atom is 0.416 e. The molecule has 0 bridgehead atoms. The lowest BCUT2D eigenvalue weighted by Crippen LogP contribution is -2.48. The van der Waals surface area contributed by atoms with Gasteiger partial charge in [0, 0.05) is 6.04 Å². The zero-order valence-electron chi connectivity index (χ0n) is 11.4. The number of rotatable bonds is 6. The number of halogens is 3. The topological polar surface area (TPSA) is 41.5 Å². The summed E-state index contributed by atoms with van der Waals surface area (Å²) in [4.78, 5) is 0. The van der Waals surface area contributed by atoms with E-state index in [1.165, 1.54) is 12.1 Å². The van der Waals surface area contributed by atoms with Crippen LogP contribution in [0.5, 0.6) is 0 Å². The molecule has 1 saturated carbocycles. The van der Waals surface area contributed by atoms with Crippen molar-refractivity contribution in [3.05, 3.63) is 48.0 Å². The van der Waals surface area contributed by atoms with Crippen LogP contribution in [0.25, 0.3) is 0 Å². The molecule has 0 spiro atoms. The van der Waals surface area contributed by atoms with Gasteiger partial charge >= 0.3 is 6.18 Å². The highest BCUT2D eigenvalue weighted by Gasteiger charge is 2.32. The van der Waals surface area contributed by atoms with E-state index in [1.54, 1.807) is 6.07 Å². The fourth-order valence-corrected chi connectivity index (χ4v) is 2.20. The first-order chi connectivity index (χ1) is 9.88. The molecule has 2 rings (SSSR count). The smallest absolute Gasteiger partial charge is 0.375 e. The fraction of sp³-hybridized carbons (Fsp3) is 0.467. The SMILES string of the molecule is C=CC(O)NC1CC(OCc2cccc(C(F)(F)F)c2)C1. The lowest BCUT2D eigenvalue weighted by atomic mass is 9.89. The van der Waals surface area contributed by atoms with Gasteiger partial charge in [-0.25, -0.2) is 0 Å². The van der Waals surface area contributed by atoms with E-state index in [0.717, 1.165) is 25.0 Å². The lowest BCUT2D eigenvalue weighted by Gasteiger charge is -2.36. The summed E-state index contributed by atoms with van der Waals surface area (Å²) in [5.74, 6) is 0. The van der Waals surface area contributed by atoms with Gasteiger partial charge in [0.25, 0.3) is 0 Å². The molecule has 1 aliphatic carbocycles. The molecule has 1 aromatic carbocycles. The van der Waals surface area contributed by atoms with Crippen molar-refractivity contribution in [1.82, 2.24) is 5.32 Å². The summed E-state index contributed by atoms with van der Waals surface area (Å²) in [6.07, 6.45) is -2.21. The quantitative estimate of drug-likeness (QED) is 0.627. The molecular formula is C15H18F3NO2. The van der Waals surface area contributed by atoms with Crippen molar-refractivity contribution in [2.24, 2.45) is 0 Å². The average Bonchev–Trinajstić information content (AvgIpc) is 2.40. The summed E-state index contributed by atoms with van der Waals surface area (Å²) in [5.41, 5.74) is -0.154. The Labute approximate surface area is 121 Å². The molecule has 1 unspecified atom stereocenters. The Morgan fingerprint density at radius 3 is 2.76 bits per heavy atom. The summed E-state index contributed by atoms with van der Waals surface area (Å²) in [7, 11) is 0. The largest absolute Gasteiger partial charge is 0.416 e. The summed E-state index contributed by atoms with van der Waals surface area (Å²) in [5, 5.41) is 12.2. The second-order valence-electron chi connectivity index (χ2n) is 5.15. The molecule has 1 atom stereocenters. The van der Waals surface area contributed by atoms with Crippen molar-refractivity contribution in [2.75, 3.05) is 0 Å². The van der Waals surface area contributed by atoms with Crippen molar-refractivity contribution in [2.45, 2.75) is 44.0 Å². The van der Waals surface area contributed by atoms with Crippen molar-refractivity contribution < 1.29 is 23.0 Å². The molecule has 6 heteroatoms. The third-order valence-corrected chi connectivity index (χ3v) is 3.46. The third-order valence-electron chi connectivity index (χ3n) is 3.46. The van der Waals surface area contributed by atoms with Crippen LogP contribution in [-0.4, -0.2) is 23.5 Å². The molecule has 21 heavy (non-hydrogen) atoms. The Morgan fingerprint density at radius 1 is 1.43 bits per heavy atom. The molecular weight excluding hydrogens is 283 g/mol. The molecule has 2 N–H and O–H groups in total. The highest BCUT2D eigenvalue weighted by atomic mass is 19.4. The molecule has 0 saturated heterocycles. The molecule has 1 aliphatic rings. The molecule has 0 radical (unpaired) electrons. The van der Waals surface area contributed by atoms with E-state index in [-0.39, 0.29) is 18.8 Å². The summed E-state index contributed by atoms with van der Waals surface area (Å²) < 4.78 is 43.3. The van der Waals surface area contributed by atoms with Crippen LogP contribution in [0.3, 0.4) is 0 Å². The number of ether oxygens (including phenoxy) is 1. The third kappa shape index (κ3) is 4.56. The number of aliphatic hydroxyl groups is 1. The normalized spacial score (nSPS) is 23.4. The van der Waals surface area contributed by atoms with E-state index < -0.39 is 18.0 Å². The van der Waals surface area contributed by atoms with Gasteiger partial charge < -0.3 is 9.84 Å². The van der Waals surface area contributed by atoms with Crippen LogP contribution in [0.2, 0.25) is 0 Å². The van der Waals surface area contributed by atoms with Gasteiger partial charge in [-0.15, -0.1) is 0 Å². The first kappa shape index (κ1) is 16.0. The van der Waals surface area contributed by atoms with Crippen molar-refractivity contribution >= 4 is 0 Å². The van der Waals surface area contributed by atoms with E-state index in [4.69, 9.17) is 4.74 Å². The maximum atomic E-state index is 12.6. The summed E-state index contributed by atoms with van der Waals surface area (Å²) >= 11 is 0. The number of nitrogens with one attached hydrogen (secondary N) is 1. The van der Waals surface area contributed by atoms with Gasteiger partial charge in [0.1, 0.15) is 6.23 Å². The molecule has 0 heterocycles. The van der Waals surface area contributed by atoms with Gasteiger partial charge in [-0.1, -0.05) is 18.7 Å². The monoisotopic (exact) mass is 301 g/mol. The zero-order chi connectivity index (χ0) is 15.5. The number of hydrogen-bond acceptors (Lipinski definition) is 3. The second-order valence-corrected chi connectivity index (χ2v) is 5.15. The van der Waals surface area contributed by atoms with Crippen LogP contribution >= 0.6 is 0 Å². The van der Waals surface area contributed by atoms with Crippen LogP contribution in [0.15, 0.2) is 36.9 Å². The van der Waals surface area contributed by atoms with Gasteiger partial charge in [0.05, 0.1) is 18.3 Å². The van der Waals surface area contributed by atoms with Crippen molar-refractivity contribution in [1.29, 1.82) is 0 Å². The molecule has 1 fully saturated rings. The molecule has 0 amide bonds. The number of aliphatic hydroxyl groups excluding tert-OH is 1. The molecule has 0 aliphatic heterocycles. The Balaban J connectivity index is 1.77. The molecule has 1 aromatic rings. The van der Waals surface area contributed by atoms with Gasteiger partial charge in [0.2, 0.25) is 0 Å². The van der Waals surface area contributed by atoms with E-state index in [0.29, 0.717) is 5.56 Å². The standard InChI is InChI=1S/C15H18F3NO2/c1-2-14(20)19-12-7-13(8-12)21-9-10-4-3-5-11(6-10)15(16,17)18/h2-6,12-14,19-20H,1,7-9H2. The van der Waals surface area contributed by atoms with Crippen LogP contribution in [0, 0.1) is 0 Å². The highest BCUT2D eigenvalue weighted by molar-refractivity contribution is 5.25. The first-order valence-electron chi connectivity index (χ1n) is 6.73. The van der Waals surface area contributed by atoms with Gasteiger partial charge in [-0.3, -0.25) is 5.32 Å². The zero-order valence-corrected chi connectivity index (χ0v) is 11.4. The highest BCUT2D eigenvalue weighted by Crippen LogP contribution is 2.30. The van der Waals surface area contributed by atoms with E-state index >= 15 is 0 Å².